The fraction of sp³-hybridized carbons (Fsp3) is 0. The Morgan fingerprint density at radius 2 is 1.92 bits per heavy atom. The number of benzene rings is 2. The lowest BCUT2D eigenvalue weighted by Gasteiger charge is -2.02. The van der Waals surface area contributed by atoms with Gasteiger partial charge in [0.15, 0.2) is 5.17 Å². The third kappa shape index (κ3) is 2.94. The van der Waals surface area contributed by atoms with Crippen LogP contribution in [0.1, 0.15) is 5.56 Å². The molecule has 1 aromatic heterocycles. The van der Waals surface area contributed by atoms with Gasteiger partial charge in [0, 0.05) is 17.8 Å². The number of aromatic nitrogens is 1. The molecule has 2 heterocycles. The van der Waals surface area contributed by atoms with Crippen LogP contribution in [0, 0.1) is 0 Å². The van der Waals surface area contributed by atoms with Crippen LogP contribution in [0.4, 0.5) is 5.69 Å². The zero-order chi connectivity index (χ0) is 16.4. The average Bonchev–Trinajstić information content (AvgIpc) is 2.95. The van der Waals surface area contributed by atoms with Crippen LogP contribution >= 0.6 is 11.8 Å². The molecule has 1 N–H and O–H groups in total. The van der Waals surface area contributed by atoms with Crippen LogP contribution in [0.3, 0.4) is 0 Å². The third-order valence-electron chi connectivity index (χ3n) is 3.62. The van der Waals surface area contributed by atoms with Gasteiger partial charge in [-0.15, -0.1) is 0 Å². The van der Waals surface area contributed by atoms with Crippen molar-refractivity contribution < 1.29 is 4.79 Å². The number of amidine groups is 1. The Morgan fingerprint density at radius 1 is 1.04 bits per heavy atom. The Morgan fingerprint density at radius 3 is 2.79 bits per heavy atom. The van der Waals surface area contributed by atoms with Gasteiger partial charge in [-0.2, -0.15) is 0 Å². The summed E-state index contributed by atoms with van der Waals surface area (Å²) < 4.78 is 0. The minimum atomic E-state index is -0.136. The van der Waals surface area contributed by atoms with E-state index >= 15 is 0 Å². The van der Waals surface area contributed by atoms with Crippen LogP contribution in [0.2, 0.25) is 0 Å². The topological polar surface area (TPSA) is 54.4 Å². The monoisotopic (exact) mass is 331 g/mol. The van der Waals surface area contributed by atoms with Crippen molar-refractivity contribution in [2.24, 2.45) is 4.99 Å². The minimum absolute atomic E-state index is 0.136. The summed E-state index contributed by atoms with van der Waals surface area (Å²) in [6.07, 6.45) is 5.25. The maximum Gasteiger partial charge on any atom is 0.264 e. The molecule has 1 saturated heterocycles. The normalized spacial score (nSPS) is 17.6. The van der Waals surface area contributed by atoms with Crippen molar-refractivity contribution in [3.63, 3.8) is 0 Å². The number of nitrogens with one attached hydrogen (secondary N) is 1. The second kappa shape index (κ2) is 6.29. The summed E-state index contributed by atoms with van der Waals surface area (Å²) in [7, 11) is 0. The summed E-state index contributed by atoms with van der Waals surface area (Å²) in [4.78, 5) is 21.4. The first kappa shape index (κ1) is 14.7. The SMILES string of the molecule is O=C1NC(=Nc2cccc3ccccc23)S/C1=C\c1cccnc1. The summed E-state index contributed by atoms with van der Waals surface area (Å²) in [6.45, 7) is 0. The lowest BCUT2D eigenvalue weighted by molar-refractivity contribution is -0.115. The van der Waals surface area contributed by atoms with Gasteiger partial charge in [-0.25, -0.2) is 4.99 Å². The molecule has 1 fully saturated rings. The van der Waals surface area contributed by atoms with E-state index < -0.39 is 0 Å². The number of aliphatic imine (C=N–C) groups is 1. The highest BCUT2D eigenvalue weighted by Crippen LogP contribution is 2.31. The second-order valence-electron chi connectivity index (χ2n) is 5.27. The second-order valence-corrected chi connectivity index (χ2v) is 6.30. The van der Waals surface area contributed by atoms with E-state index in [1.54, 1.807) is 12.4 Å². The maximum atomic E-state index is 12.1. The van der Waals surface area contributed by atoms with Crippen LogP contribution in [0.15, 0.2) is 76.9 Å². The van der Waals surface area contributed by atoms with Crippen molar-refractivity contribution in [2.75, 3.05) is 0 Å². The first-order valence-corrected chi connectivity index (χ1v) is 8.29. The number of nitrogens with zero attached hydrogens (tertiary/aromatic N) is 2. The predicted octanol–water partition coefficient (Wildman–Crippen LogP) is 4.13. The first-order chi connectivity index (χ1) is 11.8. The van der Waals surface area contributed by atoms with Crippen molar-refractivity contribution in [3.8, 4) is 0 Å². The lowest BCUT2D eigenvalue weighted by atomic mass is 10.1. The number of hydrogen-bond donors (Lipinski definition) is 1. The number of carbonyl (C=O) groups is 1. The maximum absolute atomic E-state index is 12.1. The van der Waals surface area contributed by atoms with E-state index in [0.29, 0.717) is 10.1 Å². The van der Waals surface area contributed by atoms with Crippen molar-refractivity contribution in [1.82, 2.24) is 10.3 Å². The molecule has 3 aromatic rings. The third-order valence-corrected chi connectivity index (χ3v) is 4.53. The summed E-state index contributed by atoms with van der Waals surface area (Å²) in [6, 6.07) is 17.8. The molecule has 0 aliphatic carbocycles. The zero-order valence-electron chi connectivity index (χ0n) is 12.6. The van der Waals surface area contributed by atoms with Gasteiger partial charge in [0.05, 0.1) is 10.6 Å². The number of carbonyl (C=O) groups excluding carboxylic acids is 1. The highest BCUT2D eigenvalue weighted by molar-refractivity contribution is 8.18. The Labute approximate surface area is 143 Å². The Bertz CT molecular complexity index is 975. The molecule has 0 radical (unpaired) electrons. The molecule has 0 saturated carbocycles. The number of pyridine rings is 1. The highest BCUT2D eigenvalue weighted by Gasteiger charge is 2.23. The predicted molar refractivity (Wildman–Crippen MR) is 99.0 cm³/mol. The summed E-state index contributed by atoms with van der Waals surface area (Å²) >= 11 is 1.34. The zero-order valence-corrected chi connectivity index (χ0v) is 13.5. The largest absolute Gasteiger partial charge is 0.300 e. The molecule has 2 aromatic carbocycles. The van der Waals surface area contributed by atoms with Crippen LogP contribution < -0.4 is 5.32 Å². The lowest BCUT2D eigenvalue weighted by Crippen LogP contribution is -2.19. The van der Waals surface area contributed by atoms with E-state index in [2.05, 4.69) is 15.3 Å². The molecular formula is C19H13N3OS. The molecule has 24 heavy (non-hydrogen) atoms. The number of hydrogen-bond acceptors (Lipinski definition) is 4. The number of rotatable bonds is 2. The molecule has 1 amide bonds. The molecular weight excluding hydrogens is 318 g/mol. The molecule has 0 spiro atoms. The highest BCUT2D eigenvalue weighted by atomic mass is 32.2. The molecule has 4 nitrogen and oxygen atoms in total. The molecule has 5 heteroatoms. The number of thioether (sulfide) groups is 1. The van der Waals surface area contributed by atoms with Gasteiger partial charge < -0.3 is 5.32 Å². The van der Waals surface area contributed by atoms with E-state index in [9.17, 15) is 4.79 Å². The van der Waals surface area contributed by atoms with Gasteiger partial charge in [0.1, 0.15) is 0 Å². The van der Waals surface area contributed by atoms with E-state index in [1.807, 2.05) is 60.7 Å². The Kier molecular flexibility index (Phi) is 3.84. The van der Waals surface area contributed by atoms with Gasteiger partial charge in [-0.3, -0.25) is 9.78 Å². The molecule has 0 bridgehead atoms. The standard InChI is InChI=1S/C19H13N3OS/c23-18-17(11-13-5-4-10-20-12-13)24-19(22-18)21-16-9-3-7-14-6-1-2-8-15(14)16/h1-12H,(H,21,22,23)/b17-11-. The molecule has 1 aliphatic rings. The van der Waals surface area contributed by atoms with Gasteiger partial charge in [0.25, 0.3) is 5.91 Å². The van der Waals surface area contributed by atoms with Crippen molar-refractivity contribution in [3.05, 3.63) is 77.5 Å². The molecule has 0 unspecified atom stereocenters. The quantitative estimate of drug-likeness (QED) is 0.719. The van der Waals surface area contributed by atoms with Gasteiger partial charge in [0.2, 0.25) is 0 Å². The fourth-order valence-electron chi connectivity index (χ4n) is 2.51. The minimum Gasteiger partial charge on any atom is -0.300 e. The van der Waals surface area contributed by atoms with Crippen LogP contribution in [-0.4, -0.2) is 16.1 Å². The van der Waals surface area contributed by atoms with Crippen LogP contribution in [0.25, 0.3) is 16.8 Å². The van der Waals surface area contributed by atoms with Crippen LogP contribution in [-0.2, 0) is 4.79 Å². The molecule has 1 aliphatic heterocycles. The van der Waals surface area contributed by atoms with Crippen molar-refractivity contribution in [2.45, 2.75) is 0 Å². The molecule has 4 rings (SSSR count). The van der Waals surface area contributed by atoms with Crippen molar-refractivity contribution in [1.29, 1.82) is 0 Å². The van der Waals surface area contributed by atoms with E-state index in [4.69, 9.17) is 0 Å². The summed E-state index contributed by atoms with van der Waals surface area (Å²) in [5, 5.41) is 5.60. The Hall–Kier alpha value is -2.92. The van der Waals surface area contributed by atoms with Crippen LogP contribution in [0.5, 0.6) is 0 Å². The van der Waals surface area contributed by atoms with Gasteiger partial charge in [-0.05, 0) is 40.9 Å². The van der Waals surface area contributed by atoms with Crippen molar-refractivity contribution >= 4 is 45.4 Å². The van der Waals surface area contributed by atoms with E-state index in [1.165, 1.54) is 11.8 Å². The molecule has 0 atom stereocenters. The van der Waals surface area contributed by atoms with E-state index in [-0.39, 0.29) is 5.91 Å². The summed E-state index contributed by atoms with van der Waals surface area (Å²) in [5.74, 6) is -0.136. The smallest absolute Gasteiger partial charge is 0.264 e. The fourth-order valence-corrected chi connectivity index (χ4v) is 3.34. The van der Waals surface area contributed by atoms with Gasteiger partial charge >= 0.3 is 0 Å². The first-order valence-electron chi connectivity index (χ1n) is 7.47. The number of fused-ring (bicyclic) bond motifs is 1. The molecule has 116 valence electrons. The van der Waals surface area contributed by atoms with Gasteiger partial charge in [-0.1, -0.05) is 42.5 Å². The Balaban J connectivity index is 1.67. The van der Waals surface area contributed by atoms with E-state index in [0.717, 1.165) is 22.0 Å². The number of amides is 1. The average molecular weight is 331 g/mol. The summed E-state index contributed by atoms with van der Waals surface area (Å²) in [5.41, 5.74) is 1.74.